The number of hydrogen-bond acceptors (Lipinski definition) is 5. The van der Waals surface area contributed by atoms with E-state index in [0.29, 0.717) is 11.6 Å². The first-order chi connectivity index (χ1) is 13.1. The van der Waals surface area contributed by atoms with Gasteiger partial charge in [0.25, 0.3) is 5.56 Å². The molecule has 1 unspecified atom stereocenters. The zero-order valence-corrected chi connectivity index (χ0v) is 15.9. The zero-order valence-electron chi connectivity index (χ0n) is 15.9. The molecule has 0 radical (unpaired) electrons. The SMILES string of the molecule is COc1cccc(OC)c1CN1CCC(c2cc3nc(C)cc(=O)n3[nH]2)C1. The minimum atomic E-state index is -0.0719. The number of aromatic nitrogens is 3. The summed E-state index contributed by atoms with van der Waals surface area (Å²) in [6.07, 6.45) is 1.03. The Morgan fingerprint density at radius 3 is 2.67 bits per heavy atom. The number of aromatic amines is 1. The average molecular weight is 368 g/mol. The van der Waals surface area contributed by atoms with Crippen LogP contribution in [0.2, 0.25) is 0 Å². The van der Waals surface area contributed by atoms with E-state index in [1.165, 1.54) is 4.52 Å². The predicted molar refractivity (Wildman–Crippen MR) is 103 cm³/mol. The monoisotopic (exact) mass is 368 g/mol. The number of ether oxygens (including phenoxy) is 2. The minimum Gasteiger partial charge on any atom is -0.496 e. The highest BCUT2D eigenvalue weighted by molar-refractivity contribution is 5.45. The van der Waals surface area contributed by atoms with Gasteiger partial charge in [-0.15, -0.1) is 0 Å². The summed E-state index contributed by atoms with van der Waals surface area (Å²) in [7, 11) is 3.37. The van der Waals surface area contributed by atoms with Crippen LogP contribution in [0.4, 0.5) is 0 Å². The number of likely N-dealkylation sites (tertiary alicyclic amines) is 1. The highest BCUT2D eigenvalue weighted by atomic mass is 16.5. The van der Waals surface area contributed by atoms with Gasteiger partial charge in [-0.1, -0.05) is 6.07 Å². The Bertz CT molecular complexity index is 1000. The molecule has 0 aliphatic carbocycles. The standard InChI is InChI=1S/C20H24N4O3/c1-13-9-20(25)24-19(21-13)10-16(22-24)14-7-8-23(11-14)12-15-17(26-2)5-4-6-18(15)27-3/h4-6,9-10,14,22H,7-8,11-12H2,1-3H3. The lowest BCUT2D eigenvalue weighted by molar-refractivity contribution is 0.305. The van der Waals surface area contributed by atoms with Gasteiger partial charge in [0.05, 0.1) is 19.8 Å². The minimum absolute atomic E-state index is 0.0719. The van der Waals surface area contributed by atoms with Crippen molar-refractivity contribution in [1.82, 2.24) is 19.5 Å². The van der Waals surface area contributed by atoms with Crippen LogP contribution in [0.5, 0.6) is 11.5 Å². The van der Waals surface area contributed by atoms with Crippen LogP contribution in [-0.2, 0) is 6.54 Å². The van der Waals surface area contributed by atoms with E-state index in [1.807, 2.05) is 31.2 Å². The van der Waals surface area contributed by atoms with Gasteiger partial charge in [0.15, 0.2) is 5.65 Å². The molecule has 1 fully saturated rings. The van der Waals surface area contributed by atoms with Crippen molar-refractivity contribution in [2.45, 2.75) is 25.8 Å². The van der Waals surface area contributed by atoms with E-state index in [9.17, 15) is 4.79 Å². The number of rotatable bonds is 5. The van der Waals surface area contributed by atoms with Gasteiger partial charge >= 0.3 is 0 Å². The number of nitrogens with one attached hydrogen (secondary N) is 1. The van der Waals surface area contributed by atoms with Crippen molar-refractivity contribution in [2.24, 2.45) is 0 Å². The summed E-state index contributed by atoms with van der Waals surface area (Å²) < 4.78 is 12.6. The molecule has 27 heavy (non-hydrogen) atoms. The maximum Gasteiger partial charge on any atom is 0.272 e. The Morgan fingerprint density at radius 1 is 1.22 bits per heavy atom. The second kappa shape index (κ2) is 7.08. The Hall–Kier alpha value is -2.80. The van der Waals surface area contributed by atoms with Crippen molar-refractivity contribution in [3.05, 3.63) is 57.6 Å². The van der Waals surface area contributed by atoms with Crippen LogP contribution in [0, 0.1) is 6.92 Å². The molecule has 1 aliphatic heterocycles. The quantitative estimate of drug-likeness (QED) is 0.748. The smallest absolute Gasteiger partial charge is 0.272 e. The number of fused-ring (bicyclic) bond motifs is 1. The molecule has 0 saturated carbocycles. The fourth-order valence-electron chi connectivity index (χ4n) is 3.88. The van der Waals surface area contributed by atoms with Crippen LogP contribution in [0.25, 0.3) is 5.65 Å². The number of methoxy groups -OCH3 is 2. The number of benzene rings is 1. The average Bonchev–Trinajstić information content (AvgIpc) is 3.28. The van der Waals surface area contributed by atoms with Crippen molar-refractivity contribution >= 4 is 5.65 Å². The number of hydrogen-bond donors (Lipinski definition) is 1. The summed E-state index contributed by atoms with van der Waals surface area (Å²) in [6, 6.07) is 9.40. The largest absolute Gasteiger partial charge is 0.496 e. The normalized spacial score (nSPS) is 17.5. The Morgan fingerprint density at radius 2 is 1.96 bits per heavy atom. The van der Waals surface area contributed by atoms with Gasteiger partial charge in [-0.3, -0.25) is 14.8 Å². The third-order valence-electron chi connectivity index (χ3n) is 5.22. The number of aryl methyl sites for hydroxylation is 1. The van der Waals surface area contributed by atoms with Gasteiger partial charge in [-0.05, 0) is 32.0 Å². The molecule has 0 bridgehead atoms. The molecule has 1 aromatic carbocycles. The maximum atomic E-state index is 12.1. The van der Waals surface area contributed by atoms with Gasteiger partial charge in [-0.2, -0.15) is 0 Å². The Balaban J connectivity index is 1.55. The summed E-state index contributed by atoms with van der Waals surface area (Å²) >= 11 is 0. The van der Waals surface area contributed by atoms with E-state index in [1.54, 1.807) is 20.3 Å². The second-order valence-corrected chi connectivity index (χ2v) is 7.00. The van der Waals surface area contributed by atoms with E-state index in [0.717, 1.165) is 54.5 Å². The number of nitrogens with zero attached hydrogens (tertiary/aromatic N) is 3. The molecule has 7 nitrogen and oxygen atoms in total. The third-order valence-corrected chi connectivity index (χ3v) is 5.22. The van der Waals surface area contributed by atoms with Gasteiger partial charge in [0.1, 0.15) is 11.5 Å². The van der Waals surface area contributed by atoms with Gasteiger partial charge in [0.2, 0.25) is 0 Å². The maximum absolute atomic E-state index is 12.1. The Labute approximate surface area is 157 Å². The van der Waals surface area contributed by atoms with Crippen LogP contribution in [-0.4, -0.2) is 46.8 Å². The lowest BCUT2D eigenvalue weighted by atomic mass is 10.1. The first kappa shape index (κ1) is 17.6. The summed E-state index contributed by atoms with van der Waals surface area (Å²) in [4.78, 5) is 19.0. The molecular formula is C20H24N4O3. The third kappa shape index (κ3) is 3.30. The lowest BCUT2D eigenvalue weighted by Gasteiger charge is -2.19. The topological polar surface area (TPSA) is 71.9 Å². The summed E-state index contributed by atoms with van der Waals surface area (Å²) in [5.41, 5.74) is 3.46. The van der Waals surface area contributed by atoms with Gasteiger partial charge in [0, 0.05) is 42.5 Å². The van der Waals surface area contributed by atoms with Crippen LogP contribution in [0.3, 0.4) is 0 Å². The molecule has 0 amide bonds. The predicted octanol–water partition coefficient (Wildman–Crippen LogP) is 2.34. The molecule has 3 aromatic rings. The molecule has 4 rings (SSSR count). The molecule has 7 heteroatoms. The molecule has 0 spiro atoms. The van der Waals surface area contributed by atoms with E-state index in [2.05, 4.69) is 15.0 Å². The molecule has 1 atom stereocenters. The lowest BCUT2D eigenvalue weighted by Crippen LogP contribution is -2.21. The molecule has 1 aliphatic rings. The van der Waals surface area contributed by atoms with E-state index >= 15 is 0 Å². The van der Waals surface area contributed by atoms with Crippen LogP contribution in [0.15, 0.2) is 35.1 Å². The summed E-state index contributed by atoms with van der Waals surface area (Å²) in [5.74, 6) is 2.02. The Kier molecular flexibility index (Phi) is 4.61. The zero-order chi connectivity index (χ0) is 19.0. The fourth-order valence-corrected chi connectivity index (χ4v) is 3.88. The van der Waals surface area contributed by atoms with Crippen molar-refractivity contribution < 1.29 is 9.47 Å². The van der Waals surface area contributed by atoms with E-state index < -0.39 is 0 Å². The summed E-state index contributed by atoms with van der Waals surface area (Å²) in [6.45, 7) is 4.48. The first-order valence-electron chi connectivity index (χ1n) is 9.10. The fraction of sp³-hybridized carbons (Fsp3) is 0.400. The van der Waals surface area contributed by atoms with E-state index in [4.69, 9.17) is 9.47 Å². The van der Waals surface area contributed by atoms with Crippen LogP contribution in [0.1, 0.15) is 29.3 Å². The molecule has 1 N–H and O–H groups in total. The second-order valence-electron chi connectivity index (χ2n) is 7.00. The molecule has 142 valence electrons. The van der Waals surface area contributed by atoms with Crippen molar-refractivity contribution in [1.29, 1.82) is 0 Å². The van der Waals surface area contributed by atoms with Gasteiger partial charge in [-0.25, -0.2) is 9.50 Å². The molecule has 3 heterocycles. The van der Waals surface area contributed by atoms with Crippen molar-refractivity contribution in [3.63, 3.8) is 0 Å². The van der Waals surface area contributed by atoms with Crippen molar-refractivity contribution in [3.8, 4) is 11.5 Å². The van der Waals surface area contributed by atoms with Crippen LogP contribution < -0.4 is 15.0 Å². The highest BCUT2D eigenvalue weighted by Crippen LogP contribution is 2.33. The molecule has 2 aromatic heterocycles. The highest BCUT2D eigenvalue weighted by Gasteiger charge is 2.27. The van der Waals surface area contributed by atoms with Crippen molar-refractivity contribution in [2.75, 3.05) is 27.3 Å². The molecular weight excluding hydrogens is 344 g/mol. The van der Waals surface area contributed by atoms with E-state index in [-0.39, 0.29) is 5.56 Å². The summed E-state index contributed by atoms with van der Waals surface area (Å²) in [5, 5.41) is 3.23. The number of H-pyrrole nitrogens is 1. The van der Waals surface area contributed by atoms with Crippen LogP contribution >= 0.6 is 0 Å². The van der Waals surface area contributed by atoms with Gasteiger partial charge < -0.3 is 9.47 Å². The molecule has 1 saturated heterocycles. The first-order valence-corrected chi connectivity index (χ1v) is 9.10.